The summed E-state index contributed by atoms with van der Waals surface area (Å²) in [6, 6.07) is 12.2. The number of hydrogen-bond donors (Lipinski definition) is 2. The maximum atomic E-state index is 12.4. The summed E-state index contributed by atoms with van der Waals surface area (Å²) in [5.74, 6) is -0.282. The Balaban J connectivity index is 1.48. The highest BCUT2D eigenvalue weighted by Crippen LogP contribution is 2.23. The molecule has 2 N–H and O–H groups in total. The first-order valence-corrected chi connectivity index (χ1v) is 13.4. The Bertz CT molecular complexity index is 1190. The van der Waals surface area contributed by atoms with E-state index in [1.54, 1.807) is 37.3 Å². The van der Waals surface area contributed by atoms with E-state index in [1.165, 1.54) is 6.21 Å². The Kier molecular flexibility index (Phi) is 9.43. The third-order valence-electron chi connectivity index (χ3n) is 5.52. The first kappa shape index (κ1) is 27.2. The fraction of sp³-hybridized carbons (Fsp3) is 0.400. The largest absolute Gasteiger partial charge is 0.484 e. The Hall–Kier alpha value is -3.44. The summed E-state index contributed by atoms with van der Waals surface area (Å²) in [5.41, 5.74) is 5.12. The summed E-state index contributed by atoms with van der Waals surface area (Å²) in [6.07, 6.45) is 4.53. The number of benzene rings is 2. The van der Waals surface area contributed by atoms with Gasteiger partial charge in [-0.1, -0.05) is 12.1 Å². The molecule has 1 aliphatic heterocycles. The van der Waals surface area contributed by atoms with Crippen molar-refractivity contribution in [2.24, 2.45) is 5.10 Å². The van der Waals surface area contributed by atoms with E-state index < -0.39 is 22.5 Å². The number of anilines is 1. The van der Waals surface area contributed by atoms with Gasteiger partial charge in [0.25, 0.3) is 11.8 Å². The number of hydrazone groups is 1. The van der Waals surface area contributed by atoms with Crippen LogP contribution in [0.1, 0.15) is 29.5 Å². The Morgan fingerprint density at radius 3 is 2.58 bits per heavy atom. The Morgan fingerprint density at radius 1 is 1.17 bits per heavy atom. The first-order valence-electron chi connectivity index (χ1n) is 11.6. The van der Waals surface area contributed by atoms with Gasteiger partial charge in [-0.15, -0.1) is 0 Å². The lowest BCUT2D eigenvalue weighted by atomic mass is 10.1. The molecule has 1 aliphatic rings. The second kappa shape index (κ2) is 12.5. The predicted molar refractivity (Wildman–Crippen MR) is 138 cm³/mol. The van der Waals surface area contributed by atoms with Crippen LogP contribution < -0.4 is 19.8 Å². The first-order chi connectivity index (χ1) is 17.1. The van der Waals surface area contributed by atoms with Gasteiger partial charge in [0.1, 0.15) is 12.3 Å². The van der Waals surface area contributed by atoms with Gasteiger partial charge in [-0.3, -0.25) is 13.9 Å². The fourth-order valence-corrected chi connectivity index (χ4v) is 4.50. The maximum absolute atomic E-state index is 12.4. The minimum atomic E-state index is -3.68. The minimum absolute atomic E-state index is 0.0779. The lowest BCUT2D eigenvalue weighted by Gasteiger charge is -2.23. The molecule has 11 heteroatoms. The zero-order chi connectivity index (χ0) is 26.1. The number of nitrogens with zero attached hydrogens (tertiary/aromatic N) is 2. The molecule has 1 saturated heterocycles. The smallest absolute Gasteiger partial charge is 0.260 e. The van der Waals surface area contributed by atoms with Gasteiger partial charge in [0, 0.05) is 13.2 Å². The summed E-state index contributed by atoms with van der Waals surface area (Å²) >= 11 is 0. The molecule has 10 nitrogen and oxygen atoms in total. The number of aryl methyl sites for hydroxylation is 2. The van der Waals surface area contributed by atoms with Crippen LogP contribution in [0.2, 0.25) is 0 Å². The van der Waals surface area contributed by atoms with Crippen molar-refractivity contribution in [3.05, 3.63) is 59.2 Å². The molecular weight excluding hydrogens is 484 g/mol. The zero-order valence-electron chi connectivity index (χ0n) is 20.7. The van der Waals surface area contributed by atoms with Crippen LogP contribution in [0.15, 0.2) is 47.6 Å². The molecule has 2 amide bonds. The zero-order valence-corrected chi connectivity index (χ0v) is 21.5. The molecule has 0 aliphatic carbocycles. The van der Waals surface area contributed by atoms with Crippen molar-refractivity contribution in [3.63, 3.8) is 0 Å². The SMILES string of the molecule is Cc1ccc(C)c(N(CC(=O)N/N=C\c2ccc(OCC(=O)NC[C@@H]3CCCO3)cc2)S(C)(=O)=O)c1. The predicted octanol–water partition coefficient (Wildman–Crippen LogP) is 1.89. The Labute approximate surface area is 211 Å². The molecule has 1 atom stereocenters. The van der Waals surface area contributed by atoms with Crippen LogP contribution in [-0.4, -0.2) is 65.1 Å². The summed E-state index contributed by atoms with van der Waals surface area (Å²) in [5, 5.41) is 6.71. The number of carbonyl (C=O) groups is 2. The molecule has 36 heavy (non-hydrogen) atoms. The molecule has 2 aromatic carbocycles. The molecule has 0 aromatic heterocycles. The second-order valence-electron chi connectivity index (χ2n) is 8.65. The van der Waals surface area contributed by atoms with Crippen molar-refractivity contribution in [1.29, 1.82) is 0 Å². The molecule has 0 bridgehead atoms. The van der Waals surface area contributed by atoms with E-state index in [2.05, 4.69) is 15.8 Å². The lowest BCUT2D eigenvalue weighted by Crippen LogP contribution is -2.39. The van der Waals surface area contributed by atoms with E-state index in [4.69, 9.17) is 9.47 Å². The van der Waals surface area contributed by atoms with Crippen LogP contribution in [0.3, 0.4) is 0 Å². The molecule has 1 fully saturated rings. The lowest BCUT2D eigenvalue weighted by molar-refractivity contribution is -0.123. The fourth-order valence-electron chi connectivity index (χ4n) is 3.60. The van der Waals surface area contributed by atoms with Crippen LogP contribution in [0.25, 0.3) is 0 Å². The molecule has 0 saturated carbocycles. The number of hydrogen-bond acceptors (Lipinski definition) is 7. The number of amides is 2. The van der Waals surface area contributed by atoms with E-state index in [1.807, 2.05) is 19.1 Å². The normalized spacial score (nSPS) is 15.6. The molecule has 0 unspecified atom stereocenters. The highest BCUT2D eigenvalue weighted by molar-refractivity contribution is 7.92. The Morgan fingerprint density at radius 2 is 1.92 bits per heavy atom. The standard InChI is InChI=1S/C25H32N4O6S/c1-18-6-7-19(2)23(13-18)29(36(3,32)33)16-24(30)28-27-14-20-8-10-21(11-9-20)35-17-25(31)26-15-22-5-4-12-34-22/h6-11,13-14,22H,4-5,12,15-17H2,1-3H3,(H,26,31)(H,28,30)/b27-14-/t22-/m0/s1. The van der Waals surface area contributed by atoms with Gasteiger partial charge < -0.3 is 14.8 Å². The number of nitrogens with one attached hydrogen (secondary N) is 2. The molecule has 0 spiro atoms. The number of sulfonamides is 1. The second-order valence-corrected chi connectivity index (χ2v) is 10.6. The van der Waals surface area contributed by atoms with Gasteiger partial charge in [-0.2, -0.15) is 5.10 Å². The van der Waals surface area contributed by atoms with E-state index in [0.29, 0.717) is 23.5 Å². The summed E-state index contributed by atoms with van der Waals surface area (Å²) < 4.78 is 36.6. The van der Waals surface area contributed by atoms with Gasteiger partial charge >= 0.3 is 0 Å². The maximum Gasteiger partial charge on any atom is 0.260 e. The van der Waals surface area contributed by atoms with Crippen LogP contribution in [0, 0.1) is 13.8 Å². The van der Waals surface area contributed by atoms with E-state index in [9.17, 15) is 18.0 Å². The molecule has 1 heterocycles. The molecule has 0 radical (unpaired) electrons. The van der Waals surface area contributed by atoms with E-state index >= 15 is 0 Å². The number of carbonyl (C=O) groups excluding carboxylic acids is 2. The van der Waals surface area contributed by atoms with Crippen LogP contribution in [0.4, 0.5) is 5.69 Å². The summed E-state index contributed by atoms with van der Waals surface area (Å²) in [7, 11) is -3.68. The number of ether oxygens (including phenoxy) is 2. The average Bonchev–Trinajstić information content (AvgIpc) is 3.35. The van der Waals surface area contributed by atoms with Crippen LogP contribution >= 0.6 is 0 Å². The molecular formula is C25H32N4O6S. The van der Waals surface area contributed by atoms with Gasteiger partial charge in [0.05, 0.1) is 24.3 Å². The summed E-state index contributed by atoms with van der Waals surface area (Å²) in [6.45, 7) is 4.35. The van der Waals surface area contributed by atoms with Gasteiger partial charge in [-0.05, 0) is 73.7 Å². The minimum Gasteiger partial charge on any atom is -0.484 e. The van der Waals surface area contributed by atoms with Crippen molar-refractivity contribution in [3.8, 4) is 5.75 Å². The molecule has 3 rings (SSSR count). The quantitative estimate of drug-likeness (QED) is 0.347. The van der Waals surface area contributed by atoms with Crippen molar-refractivity contribution in [2.45, 2.75) is 32.8 Å². The van der Waals surface area contributed by atoms with Gasteiger partial charge in [0.2, 0.25) is 10.0 Å². The van der Waals surface area contributed by atoms with Crippen molar-refractivity contribution in [1.82, 2.24) is 10.7 Å². The highest BCUT2D eigenvalue weighted by atomic mass is 32.2. The van der Waals surface area contributed by atoms with Crippen LogP contribution in [-0.2, 0) is 24.3 Å². The number of rotatable bonds is 11. The van der Waals surface area contributed by atoms with Crippen LogP contribution in [0.5, 0.6) is 5.75 Å². The molecule has 194 valence electrons. The van der Waals surface area contributed by atoms with E-state index in [0.717, 1.165) is 41.1 Å². The monoisotopic (exact) mass is 516 g/mol. The van der Waals surface area contributed by atoms with Crippen molar-refractivity contribution in [2.75, 3.05) is 36.9 Å². The third-order valence-corrected chi connectivity index (χ3v) is 6.65. The topological polar surface area (TPSA) is 126 Å². The van der Waals surface area contributed by atoms with Crippen molar-refractivity contribution < 1.29 is 27.5 Å². The summed E-state index contributed by atoms with van der Waals surface area (Å²) in [4.78, 5) is 24.3. The van der Waals surface area contributed by atoms with Crippen molar-refractivity contribution >= 4 is 33.7 Å². The average molecular weight is 517 g/mol. The van der Waals surface area contributed by atoms with E-state index in [-0.39, 0.29) is 18.6 Å². The van der Waals surface area contributed by atoms with Gasteiger partial charge in [-0.25, -0.2) is 13.8 Å². The highest BCUT2D eigenvalue weighted by Gasteiger charge is 2.22. The van der Waals surface area contributed by atoms with Gasteiger partial charge in [0.15, 0.2) is 6.61 Å². The third kappa shape index (κ3) is 8.35. The molecule has 2 aromatic rings.